The average Bonchev–Trinajstić information content (AvgIpc) is 2.71. The number of hydrogen-bond acceptors (Lipinski definition) is 6. The number of hydrogen-bond donors (Lipinski definition) is 1. The molecule has 2 N–H and O–H groups in total. The topological polar surface area (TPSA) is 125 Å². The van der Waals surface area contributed by atoms with Crippen LogP contribution >= 0.6 is 0 Å². The van der Waals surface area contributed by atoms with Gasteiger partial charge in [0, 0.05) is 22.7 Å². The molecule has 0 spiro atoms. The number of esters is 1. The van der Waals surface area contributed by atoms with Crippen molar-refractivity contribution in [3.8, 4) is 0 Å². The summed E-state index contributed by atoms with van der Waals surface area (Å²) in [6.07, 6.45) is 0.650. The van der Waals surface area contributed by atoms with Gasteiger partial charge in [-0.25, -0.2) is 4.79 Å². The van der Waals surface area contributed by atoms with E-state index in [0.29, 0.717) is 22.9 Å². The molecule has 3 rings (SSSR count). The first-order chi connectivity index (χ1) is 13.8. The van der Waals surface area contributed by atoms with Crippen LogP contribution in [0.4, 0.5) is 5.69 Å². The van der Waals surface area contributed by atoms with Crippen LogP contribution in [0, 0.1) is 17.0 Å². The molecule has 148 valence electrons. The summed E-state index contributed by atoms with van der Waals surface area (Å²) in [6.45, 7) is 3.44. The highest BCUT2D eigenvalue weighted by molar-refractivity contribution is 6.05. The molecule has 0 aliphatic rings. The molecule has 1 heterocycles. The van der Waals surface area contributed by atoms with Gasteiger partial charge in [-0.15, -0.1) is 0 Å². The summed E-state index contributed by atoms with van der Waals surface area (Å²) >= 11 is 0. The molecule has 0 aliphatic carbocycles. The molecule has 0 aliphatic heterocycles. The number of ether oxygens (including phenoxy) is 1. The van der Waals surface area contributed by atoms with Gasteiger partial charge in [-0.1, -0.05) is 25.1 Å². The summed E-state index contributed by atoms with van der Waals surface area (Å²) in [6, 6.07) is 11.0. The third-order valence-corrected chi connectivity index (χ3v) is 4.70. The number of benzene rings is 2. The molecule has 8 heteroatoms. The van der Waals surface area contributed by atoms with Gasteiger partial charge in [0.05, 0.1) is 21.6 Å². The lowest BCUT2D eigenvalue weighted by molar-refractivity contribution is -0.385. The predicted molar refractivity (Wildman–Crippen MR) is 107 cm³/mol. The van der Waals surface area contributed by atoms with E-state index in [1.54, 1.807) is 19.1 Å². The first-order valence-electron chi connectivity index (χ1n) is 8.96. The number of para-hydroxylation sites is 1. The maximum absolute atomic E-state index is 12.9. The number of nitrogens with zero attached hydrogens (tertiary/aromatic N) is 2. The third-order valence-electron chi connectivity index (χ3n) is 4.70. The van der Waals surface area contributed by atoms with Crippen molar-refractivity contribution in [1.82, 2.24) is 4.98 Å². The fourth-order valence-electron chi connectivity index (χ4n) is 3.19. The fraction of sp³-hybridized carbons (Fsp3) is 0.190. The number of carbonyl (C=O) groups excluding carboxylic acids is 2. The lowest BCUT2D eigenvalue weighted by Crippen LogP contribution is -2.13. The number of nitro groups is 1. The van der Waals surface area contributed by atoms with Crippen molar-refractivity contribution in [3.63, 3.8) is 0 Å². The molecule has 0 unspecified atom stereocenters. The molecule has 0 saturated heterocycles. The number of aromatic nitrogens is 1. The summed E-state index contributed by atoms with van der Waals surface area (Å²) in [5, 5.41) is 12.0. The fourth-order valence-corrected chi connectivity index (χ4v) is 3.19. The Kier molecular flexibility index (Phi) is 5.54. The monoisotopic (exact) mass is 393 g/mol. The number of carbonyl (C=O) groups is 2. The SMILES string of the molecule is CCc1nc2ccccc2c(C(=O)OCc2ccc(C(N)=O)cc2[N+](=O)[O-])c1C. The van der Waals surface area contributed by atoms with E-state index in [2.05, 4.69) is 4.98 Å². The number of nitrogens with two attached hydrogens (primary N) is 1. The molecule has 2 aromatic carbocycles. The van der Waals surface area contributed by atoms with E-state index in [0.717, 1.165) is 17.3 Å². The predicted octanol–water partition coefficient (Wildman–Crippen LogP) is 3.47. The lowest BCUT2D eigenvalue weighted by atomic mass is 10.0. The van der Waals surface area contributed by atoms with Gasteiger partial charge in [0.25, 0.3) is 5.69 Å². The van der Waals surface area contributed by atoms with E-state index in [-0.39, 0.29) is 23.4 Å². The van der Waals surface area contributed by atoms with Crippen LogP contribution in [-0.4, -0.2) is 21.8 Å². The Labute approximate surface area is 166 Å². The van der Waals surface area contributed by atoms with Gasteiger partial charge in [-0.2, -0.15) is 0 Å². The molecule has 1 aromatic heterocycles. The van der Waals surface area contributed by atoms with Crippen LogP contribution in [0.25, 0.3) is 10.9 Å². The Balaban J connectivity index is 1.95. The number of primary amides is 1. The molecular formula is C21H19N3O5. The van der Waals surface area contributed by atoms with E-state index < -0.39 is 16.8 Å². The summed E-state index contributed by atoms with van der Waals surface area (Å²) < 4.78 is 5.41. The van der Waals surface area contributed by atoms with Crippen molar-refractivity contribution in [3.05, 3.63) is 80.5 Å². The van der Waals surface area contributed by atoms with Gasteiger partial charge < -0.3 is 10.5 Å². The Morgan fingerprint density at radius 1 is 1.21 bits per heavy atom. The van der Waals surface area contributed by atoms with Crippen molar-refractivity contribution in [2.24, 2.45) is 5.73 Å². The highest BCUT2D eigenvalue weighted by atomic mass is 16.6. The smallest absolute Gasteiger partial charge is 0.339 e. The molecule has 0 fully saturated rings. The van der Waals surface area contributed by atoms with Crippen molar-refractivity contribution in [2.75, 3.05) is 0 Å². The largest absolute Gasteiger partial charge is 0.457 e. The molecule has 29 heavy (non-hydrogen) atoms. The summed E-state index contributed by atoms with van der Waals surface area (Å²) in [5.41, 5.74) is 7.59. The Hall–Kier alpha value is -3.81. The summed E-state index contributed by atoms with van der Waals surface area (Å²) in [5.74, 6) is -1.37. The molecule has 0 atom stereocenters. The first-order valence-corrected chi connectivity index (χ1v) is 8.96. The zero-order valence-corrected chi connectivity index (χ0v) is 16.0. The zero-order chi connectivity index (χ0) is 21.1. The average molecular weight is 393 g/mol. The highest BCUT2D eigenvalue weighted by Gasteiger charge is 2.21. The van der Waals surface area contributed by atoms with Crippen LogP contribution in [0.5, 0.6) is 0 Å². The minimum atomic E-state index is -0.775. The lowest BCUT2D eigenvalue weighted by Gasteiger charge is -2.13. The molecule has 0 saturated carbocycles. The van der Waals surface area contributed by atoms with Gasteiger partial charge in [0.15, 0.2) is 0 Å². The Morgan fingerprint density at radius 3 is 2.59 bits per heavy atom. The van der Waals surface area contributed by atoms with Crippen molar-refractivity contribution in [2.45, 2.75) is 26.9 Å². The second-order valence-corrected chi connectivity index (χ2v) is 6.47. The van der Waals surface area contributed by atoms with Crippen LogP contribution in [0.2, 0.25) is 0 Å². The van der Waals surface area contributed by atoms with Crippen molar-refractivity contribution >= 4 is 28.5 Å². The number of amides is 1. The van der Waals surface area contributed by atoms with Gasteiger partial charge >= 0.3 is 5.97 Å². The van der Waals surface area contributed by atoms with Crippen LogP contribution < -0.4 is 5.73 Å². The molecule has 0 bridgehead atoms. The third kappa shape index (κ3) is 3.91. The van der Waals surface area contributed by atoms with Crippen LogP contribution in [0.1, 0.15) is 44.5 Å². The van der Waals surface area contributed by atoms with Gasteiger partial charge in [0.1, 0.15) is 6.61 Å². The molecule has 3 aromatic rings. The number of fused-ring (bicyclic) bond motifs is 1. The second kappa shape index (κ2) is 8.05. The molecular weight excluding hydrogens is 374 g/mol. The van der Waals surface area contributed by atoms with E-state index in [1.165, 1.54) is 12.1 Å². The van der Waals surface area contributed by atoms with Gasteiger partial charge in [0.2, 0.25) is 5.91 Å². The Bertz CT molecular complexity index is 1140. The van der Waals surface area contributed by atoms with Crippen LogP contribution in [-0.2, 0) is 17.8 Å². The molecule has 0 radical (unpaired) electrons. The number of rotatable bonds is 6. The first kappa shape index (κ1) is 19.9. The maximum Gasteiger partial charge on any atom is 0.339 e. The highest BCUT2D eigenvalue weighted by Crippen LogP contribution is 2.26. The molecule has 8 nitrogen and oxygen atoms in total. The number of pyridine rings is 1. The standard InChI is InChI=1S/C21H19N3O5/c1-3-16-12(2)19(15-6-4-5-7-17(15)23-16)21(26)29-11-14-9-8-13(20(22)25)10-18(14)24(27)28/h4-10H,3,11H2,1-2H3,(H2,22,25). The molecule has 1 amide bonds. The van der Waals surface area contributed by atoms with E-state index in [1.807, 2.05) is 19.1 Å². The summed E-state index contributed by atoms with van der Waals surface area (Å²) in [4.78, 5) is 39.4. The van der Waals surface area contributed by atoms with E-state index in [4.69, 9.17) is 10.5 Å². The van der Waals surface area contributed by atoms with Gasteiger partial charge in [-0.3, -0.25) is 19.9 Å². The minimum Gasteiger partial charge on any atom is -0.457 e. The number of aryl methyl sites for hydroxylation is 1. The summed E-state index contributed by atoms with van der Waals surface area (Å²) in [7, 11) is 0. The van der Waals surface area contributed by atoms with Crippen LogP contribution in [0.3, 0.4) is 0 Å². The zero-order valence-electron chi connectivity index (χ0n) is 16.0. The Morgan fingerprint density at radius 2 is 1.93 bits per heavy atom. The van der Waals surface area contributed by atoms with E-state index in [9.17, 15) is 19.7 Å². The maximum atomic E-state index is 12.9. The van der Waals surface area contributed by atoms with E-state index >= 15 is 0 Å². The number of nitro benzene ring substituents is 1. The quantitative estimate of drug-likeness (QED) is 0.388. The van der Waals surface area contributed by atoms with Crippen molar-refractivity contribution < 1.29 is 19.2 Å². The van der Waals surface area contributed by atoms with Gasteiger partial charge in [-0.05, 0) is 37.1 Å². The van der Waals surface area contributed by atoms with Crippen molar-refractivity contribution in [1.29, 1.82) is 0 Å². The second-order valence-electron chi connectivity index (χ2n) is 6.47. The van der Waals surface area contributed by atoms with Crippen LogP contribution in [0.15, 0.2) is 42.5 Å². The minimum absolute atomic E-state index is 0.00957. The normalized spacial score (nSPS) is 10.7.